The minimum Gasteiger partial charge on any atom is -0.508 e. The molecule has 1 fully saturated rings. The average Bonchev–Trinajstić information content (AvgIpc) is 3.07. The number of fused-ring (bicyclic) bond motifs is 1. The molecule has 0 aliphatic carbocycles. The predicted octanol–water partition coefficient (Wildman–Crippen LogP) is 5.53. The Balaban J connectivity index is 1.40. The Labute approximate surface area is 197 Å². The van der Waals surface area contributed by atoms with Crippen molar-refractivity contribution < 1.29 is 23.8 Å². The molecule has 1 aliphatic heterocycles. The summed E-state index contributed by atoms with van der Waals surface area (Å²) in [6.45, 7) is -0.0912. The number of phenols is 1. The van der Waals surface area contributed by atoms with E-state index in [1.165, 1.54) is 18.2 Å². The largest absolute Gasteiger partial charge is 0.508 e. The highest BCUT2D eigenvalue weighted by molar-refractivity contribution is 8.18. The van der Waals surface area contributed by atoms with Crippen molar-refractivity contribution >= 4 is 40.0 Å². The molecule has 0 spiro atoms. The maximum atomic E-state index is 13.0. The van der Waals surface area contributed by atoms with Gasteiger partial charge < -0.3 is 14.3 Å². The number of para-hydroxylation sites is 1. The summed E-state index contributed by atoms with van der Waals surface area (Å²) in [5.74, 6) is 0.780. The molecule has 3 aromatic carbocycles. The molecule has 34 heavy (non-hydrogen) atoms. The number of hydrogen-bond acceptors (Lipinski definition) is 7. The molecular weight excluding hydrogens is 454 g/mol. The van der Waals surface area contributed by atoms with Gasteiger partial charge in [-0.15, -0.1) is 0 Å². The van der Waals surface area contributed by atoms with E-state index in [4.69, 9.17) is 9.15 Å². The number of imide groups is 1. The van der Waals surface area contributed by atoms with E-state index in [-0.39, 0.29) is 22.8 Å². The molecule has 0 radical (unpaired) electrons. The molecule has 0 unspecified atom stereocenters. The lowest BCUT2D eigenvalue weighted by molar-refractivity contribution is -0.123. The molecule has 1 N–H and O–H groups in total. The summed E-state index contributed by atoms with van der Waals surface area (Å²) in [6.07, 6.45) is 1.64. The average molecular weight is 471 g/mol. The first kappa shape index (κ1) is 21.5. The molecule has 1 aliphatic rings. The summed E-state index contributed by atoms with van der Waals surface area (Å²) in [6, 6.07) is 22.1. The number of ether oxygens (including phenoxy) is 1. The maximum Gasteiger partial charge on any atom is 0.336 e. The summed E-state index contributed by atoms with van der Waals surface area (Å²) in [4.78, 5) is 39.0. The maximum absolute atomic E-state index is 13.0. The van der Waals surface area contributed by atoms with Crippen LogP contribution in [0.3, 0.4) is 0 Å². The normalized spacial score (nSPS) is 14.8. The SMILES string of the molecule is O=C1S/C(=C\c2cccc(Oc3ccccc3)c2)C(=O)N1Cc1cc(=O)oc2cc(O)ccc12. The van der Waals surface area contributed by atoms with Gasteiger partial charge >= 0.3 is 5.63 Å². The smallest absolute Gasteiger partial charge is 0.336 e. The van der Waals surface area contributed by atoms with Crippen LogP contribution in [-0.4, -0.2) is 21.2 Å². The summed E-state index contributed by atoms with van der Waals surface area (Å²) >= 11 is 0.834. The van der Waals surface area contributed by atoms with E-state index < -0.39 is 16.8 Å². The van der Waals surface area contributed by atoms with Crippen LogP contribution in [0, 0.1) is 0 Å². The van der Waals surface area contributed by atoms with Gasteiger partial charge in [-0.3, -0.25) is 14.5 Å². The number of carbonyl (C=O) groups excluding carboxylic acids is 2. The first-order chi connectivity index (χ1) is 16.5. The number of amides is 2. The number of nitrogens with zero attached hydrogens (tertiary/aromatic N) is 1. The van der Waals surface area contributed by atoms with Gasteiger partial charge in [0.2, 0.25) is 0 Å². The van der Waals surface area contributed by atoms with Crippen LogP contribution >= 0.6 is 11.8 Å². The molecule has 2 amide bonds. The number of carbonyl (C=O) groups is 2. The summed E-state index contributed by atoms with van der Waals surface area (Å²) in [7, 11) is 0. The molecule has 4 aromatic rings. The number of phenolic OH excluding ortho intramolecular Hbond substituents is 1. The van der Waals surface area contributed by atoms with Crippen molar-refractivity contribution in [3.05, 3.63) is 105 Å². The second-order valence-electron chi connectivity index (χ2n) is 7.53. The molecule has 8 heteroatoms. The van der Waals surface area contributed by atoms with Gasteiger partial charge in [0.15, 0.2) is 0 Å². The van der Waals surface area contributed by atoms with Gasteiger partial charge in [0.25, 0.3) is 11.1 Å². The molecular formula is C26H17NO6S. The molecule has 168 valence electrons. The van der Waals surface area contributed by atoms with E-state index >= 15 is 0 Å². The van der Waals surface area contributed by atoms with Crippen LogP contribution in [0.1, 0.15) is 11.1 Å². The van der Waals surface area contributed by atoms with Crippen LogP contribution in [0.4, 0.5) is 4.79 Å². The zero-order valence-corrected chi connectivity index (χ0v) is 18.5. The van der Waals surface area contributed by atoms with E-state index in [9.17, 15) is 19.5 Å². The number of hydrogen-bond donors (Lipinski definition) is 1. The molecule has 7 nitrogen and oxygen atoms in total. The van der Waals surface area contributed by atoms with Crippen molar-refractivity contribution in [3.63, 3.8) is 0 Å². The van der Waals surface area contributed by atoms with Crippen LogP contribution in [0.25, 0.3) is 17.0 Å². The van der Waals surface area contributed by atoms with Gasteiger partial charge in [-0.2, -0.15) is 0 Å². The molecule has 5 rings (SSSR count). The highest BCUT2D eigenvalue weighted by Gasteiger charge is 2.35. The van der Waals surface area contributed by atoms with E-state index in [1.807, 2.05) is 36.4 Å². The minimum absolute atomic E-state index is 0.0552. The van der Waals surface area contributed by atoms with Crippen molar-refractivity contribution in [2.24, 2.45) is 0 Å². The van der Waals surface area contributed by atoms with Crippen molar-refractivity contribution in [1.29, 1.82) is 0 Å². The zero-order valence-electron chi connectivity index (χ0n) is 17.6. The van der Waals surface area contributed by atoms with Crippen LogP contribution in [0.2, 0.25) is 0 Å². The van der Waals surface area contributed by atoms with E-state index in [2.05, 4.69) is 0 Å². The van der Waals surface area contributed by atoms with Gasteiger partial charge in [-0.1, -0.05) is 30.3 Å². The second kappa shape index (κ2) is 8.92. The standard InChI is InChI=1S/C26H17NO6S/c28-18-9-10-21-17(13-24(29)33-22(21)14-18)15-27-25(30)23(34-26(27)31)12-16-5-4-8-20(11-16)32-19-6-2-1-3-7-19/h1-14,28H,15H2/b23-12-. The molecule has 0 atom stereocenters. The lowest BCUT2D eigenvalue weighted by atomic mass is 10.1. The van der Waals surface area contributed by atoms with Crippen LogP contribution in [-0.2, 0) is 11.3 Å². The Kier molecular flexibility index (Phi) is 5.65. The fourth-order valence-corrected chi connectivity index (χ4v) is 4.44. The van der Waals surface area contributed by atoms with Crippen LogP contribution < -0.4 is 10.4 Å². The van der Waals surface area contributed by atoms with Crippen LogP contribution in [0.5, 0.6) is 17.2 Å². The predicted molar refractivity (Wildman–Crippen MR) is 129 cm³/mol. The Morgan fingerprint density at radius 1 is 0.912 bits per heavy atom. The highest BCUT2D eigenvalue weighted by Crippen LogP contribution is 2.35. The first-order valence-corrected chi connectivity index (χ1v) is 11.1. The highest BCUT2D eigenvalue weighted by atomic mass is 32.2. The molecule has 2 heterocycles. The van der Waals surface area contributed by atoms with Crippen LogP contribution in [0.15, 0.2) is 93.0 Å². The minimum atomic E-state index is -0.633. The van der Waals surface area contributed by atoms with Gasteiger partial charge in [-0.05, 0) is 65.4 Å². The van der Waals surface area contributed by atoms with E-state index in [0.717, 1.165) is 16.7 Å². The fraction of sp³-hybridized carbons (Fsp3) is 0.0385. The molecule has 1 aromatic heterocycles. The van der Waals surface area contributed by atoms with Crippen molar-refractivity contribution in [3.8, 4) is 17.2 Å². The van der Waals surface area contributed by atoms with Gasteiger partial charge in [0.1, 0.15) is 22.8 Å². The van der Waals surface area contributed by atoms with Gasteiger partial charge in [0.05, 0.1) is 11.4 Å². The van der Waals surface area contributed by atoms with Gasteiger partial charge in [0, 0.05) is 17.5 Å². The lowest BCUT2D eigenvalue weighted by Crippen LogP contribution is -2.28. The lowest BCUT2D eigenvalue weighted by Gasteiger charge is -2.13. The third-order valence-electron chi connectivity index (χ3n) is 5.15. The Hall–Kier alpha value is -4.30. The second-order valence-corrected chi connectivity index (χ2v) is 8.52. The van der Waals surface area contributed by atoms with Crippen molar-refractivity contribution in [2.75, 3.05) is 0 Å². The summed E-state index contributed by atoms with van der Waals surface area (Å²) < 4.78 is 11.0. The van der Waals surface area contributed by atoms with Crippen molar-refractivity contribution in [1.82, 2.24) is 4.90 Å². The molecule has 0 bridgehead atoms. The Morgan fingerprint density at radius 3 is 2.53 bits per heavy atom. The Bertz CT molecular complexity index is 1510. The first-order valence-electron chi connectivity index (χ1n) is 10.3. The third kappa shape index (κ3) is 4.44. The fourth-order valence-electron chi connectivity index (χ4n) is 3.60. The number of thioether (sulfide) groups is 1. The Morgan fingerprint density at radius 2 is 1.71 bits per heavy atom. The number of benzene rings is 3. The molecule has 1 saturated heterocycles. The summed E-state index contributed by atoms with van der Waals surface area (Å²) in [5.41, 5.74) is 0.708. The summed E-state index contributed by atoms with van der Waals surface area (Å²) in [5, 5.41) is 9.75. The quantitative estimate of drug-likeness (QED) is 0.302. The molecule has 0 saturated carbocycles. The zero-order chi connectivity index (χ0) is 23.7. The monoisotopic (exact) mass is 471 g/mol. The third-order valence-corrected chi connectivity index (χ3v) is 6.06. The number of aromatic hydroxyl groups is 1. The number of rotatable bonds is 5. The van der Waals surface area contributed by atoms with Gasteiger partial charge in [-0.25, -0.2) is 4.79 Å². The topological polar surface area (TPSA) is 97.1 Å². The van der Waals surface area contributed by atoms with Crippen molar-refractivity contribution in [2.45, 2.75) is 6.54 Å². The van der Waals surface area contributed by atoms with E-state index in [0.29, 0.717) is 28.0 Å². The van der Waals surface area contributed by atoms with E-state index in [1.54, 1.807) is 30.3 Å².